The Morgan fingerprint density at radius 2 is 1.32 bits per heavy atom. The van der Waals surface area contributed by atoms with E-state index in [1.165, 1.54) is 4.90 Å². The molecule has 2 aromatic rings. The van der Waals surface area contributed by atoms with Gasteiger partial charge in [0.1, 0.15) is 13.1 Å². The molecule has 4 rings (SSSR count). The number of benzene rings is 2. The summed E-state index contributed by atoms with van der Waals surface area (Å²) in [4.78, 5) is 55.7. The largest absolute Gasteiger partial charge is 0.341 e. The van der Waals surface area contributed by atoms with Gasteiger partial charge in [-0.05, 0) is 37.1 Å². The lowest BCUT2D eigenvalue weighted by atomic mass is 10.1. The van der Waals surface area contributed by atoms with Crippen LogP contribution in [0.1, 0.15) is 46.4 Å². The summed E-state index contributed by atoms with van der Waals surface area (Å²) in [6.07, 6.45) is 4.12. The number of carbonyl (C=O) groups is 4. The Hall–Kier alpha value is -3.48. The number of likely N-dealkylation sites (tertiary alicyclic amines) is 1. The second-order valence-corrected chi connectivity index (χ2v) is 7.85. The van der Waals surface area contributed by atoms with Crippen LogP contribution in [0.5, 0.6) is 0 Å². The van der Waals surface area contributed by atoms with E-state index in [9.17, 15) is 19.2 Å². The van der Waals surface area contributed by atoms with Crippen LogP contribution in [-0.4, -0.2) is 59.6 Å². The van der Waals surface area contributed by atoms with Crippen molar-refractivity contribution in [3.63, 3.8) is 0 Å². The van der Waals surface area contributed by atoms with Crippen molar-refractivity contribution in [1.82, 2.24) is 9.80 Å². The first-order valence-corrected chi connectivity index (χ1v) is 10.6. The molecule has 0 N–H and O–H groups in total. The number of hydrogen-bond acceptors (Lipinski definition) is 4. The minimum atomic E-state index is -0.485. The fraction of sp³-hybridized carbons (Fsp3) is 0.333. The highest BCUT2D eigenvalue weighted by molar-refractivity contribution is 6.22. The summed E-state index contributed by atoms with van der Waals surface area (Å²) in [5.41, 5.74) is 1.16. The maximum Gasteiger partial charge on any atom is 0.262 e. The van der Waals surface area contributed by atoms with Gasteiger partial charge in [-0.25, -0.2) is 0 Å². The summed E-state index contributed by atoms with van der Waals surface area (Å²) in [6.45, 7) is 0.850. The number of carbonyl (C=O) groups excluding carboxylic acids is 4. The molecular weight excluding hydrogens is 394 g/mol. The first-order chi connectivity index (χ1) is 15.1. The van der Waals surface area contributed by atoms with E-state index in [4.69, 9.17) is 0 Å². The van der Waals surface area contributed by atoms with Crippen molar-refractivity contribution in [3.8, 4) is 0 Å². The number of para-hydroxylation sites is 1. The quantitative estimate of drug-likeness (QED) is 0.698. The summed E-state index contributed by atoms with van der Waals surface area (Å²) in [7, 11) is 0. The van der Waals surface area contributed by atoms with Gasteiger partial charge >= 0.3 is 0 Å². The molecule has 1 fully saturated rings. The van der Waals surface area contributed by atoms with E-state index >= 15 is 0 Å². The summed E-state index contributed by atoms with van der Waals surface area (Å²) in [5, 5.41) is 0. The van der Waals surface area contributed by atoms with E-state index < -0.39 is 24.3 Å². The van der Waals surface area contributed by atoms with Gasteiger partial charge < -0.3 is 9.80 Å². The normalized spacial score (nSPS) is 16.1. The van der Waals surface area contributed by atoms with Gasteiger partial charge in [-0.15, -0.1) is 0 Å². The van der Waals surface area contributed by atoms with E-state index in [1.807, 2.05) is 6.07 Å². The predicted octanol–water partition coefficient (Wildman–Crippen LogP) is 2.72. The van der Waals surface area contributed by atoms with Crippen molar-refractivity contribution in [2.24, 2.45) is 0 Å². The third-order valence-corrected chi connectivity index (χ3v) is 5.79. The fourth-order valence-corrected chi connectivity index (χ4v) is 4.09. The molecule has 7 heteroatoms. The molecule has 0 unspecified atom stereocenters. The first-order valence-electron chi connectivity index (χ1n) is 10.6. The number of fused-ring (bicyclic) bond motifs is 1. The van der Waals surface area contributed by atoms with Crippen LogP contribution in [0, 0.1) is 0 Å². The molecule has 0 radical (unpaired) electrons. The molecule has 7 nitrogen and oxygen atoms in total. The Bertz CT molecular complexity index is 962. The highest BCUT2D eigenvalue weighted by Crippen LogP contribution is 2.23. The van der Waals surface area contributed by atoms with Gasteiger partial charge in [0.2, 0.25) is 11.8 Å². The molecule has 4 amide bonds. The van der Waals surface area contributed by atoms with Crippen molar-refractivity contribution < 1.29 is 19.2 Å². The van der Waals surface area contributed by atoms with Gasteiger partial charge in [0.15, 0.2) is 0 Å². The highest BCUT2D eigenvalue weighted by Gasteiger charge is 2.37. The van der Waals surface area contributed by atoms with Crippen LogP contribution in [-0.2, 0) is 9.59 Å². The molecular formula is C24H25N3O4. The molecule has 0 spiro atoms. The Kier molecular flexibility index (Phi) is 6.11. The third-order valence-electron chi connectivity index (χ3n) is 5.79. The maximum absolute atomic E-state index is 13.2. The van der Waals surface area contributed by atoms with Crippen LogP contribution in [0.4, 0.5) is 5.69 Å². The van der Waals surface area contributed by atoms with E-state index in [1.54, 1.807) is 53.4 Å². The molecule has 31 heavy (non-hydrogen) atoms. The predicted molar refractivity (Wildman–Crippen MR) is 116 cm³/mol. The van der Waals surface area contributed by atoms with Crippen molar-refractivity contribution in [3.05, 3.63) is 65.7 Å². The Balaban J connectivity index is 1.53. The van der Waals surface area contributed by atoms with E-state index in [2.05, 4.69) is 0 Å². The molecule has 2 aromatic carbocycles. The number of imide groups is 1. The third kappa shape index (κ3) is 4.35. The maximum atomic E-state index is 13.2. The molecule has 0 bridgehead atoms. The van der Waals surface area contributed by atoms with Crippen LogP contribution in [0.2, 0.25) is 0 Å². The van der Waals surface area contributed by atoms with Crippen LogP contribution in [0.3, 0.4) is 0 Å². The Morgan fingerprint density at radius 1 is 0.774 bits per heavy atom. The van der Waals surface area contributed by atoms with Crippen molar-refractivity contribution in [2.45, 2.75) is 25.7 Å². The van der Waals surface area contributed by atoms with Gasteiger partial charge in [0, 0.05) is 18.8 Å². The van der Waals surface area contributed by atoms with E-state index in [0.29, 0.717) is 29.9 Å². The van der Waals surface area contributed by atoms with E-state index in [0.717, 1.165) is 30.6 Å². The number of nitrogens with zero attached hydrogens (tertiary/aromatic N) is 3. The minimum Gasteiger partial charge on any atom is -0.341 e. The fourth-order valence-electron chi connectivity index (χ4n) is 4.09. The molecule has 0 aromatic heterocycles. The van der Waals surface area contributed by atoms with E-state index in [-0.39, 0.29) is 12.5 Å². The van der Waals surface area contributed by atoms with Crippen molar-refractivity contribution in [2.75, 3.05) is 31.1 Å². The van der Waals surface area contributed by atoms with Crippen LogP contribution in [0.15, 0.2) is 54.6 Å². The number of rotatable bonds is 5. The van der Waals surface area contributed by atoms with Gasteiger partial charge in [0.25, 0.3) is 11.8 Å². The topological polar surface area (TPSA) is 78.0 Å². The van der Waals surface area contributed by atoms with Crippen molar-refractivity contribution in [1.29, 1.82) is 0 Å². The zero-order valence-corrected chi connectivity index (χ0v) is 17.3. The Morgan fingerprint density at radius 3 is 1.90 bits per heavy atom. The zero-order valence-electron chi connectivity index (χ0n) is 17.3. The molecule has 0 saturated carbocycles. The lowest BCUT2D eigenvalue weighted by Gasteiger charge is -2.28. The minimum absolute atomic E-state index is 0.119. The Labute approximate surface area is 181 Å². The number of anilines is 1. The van der Waals surface area contributed by atoms with Gasteiger partial charge in [-0.1, -0.05) is 43.2 Å². The summed E-state index contributed by atoms with van der Waals surface area (Å²) in [6, 6.07) is 15.4. The summed E-state index contributed by atoms with van der Waals surface area (Å²) < 4.78 is 0. The summed E-state index contributed by atoms with van der Waals surface area (Å²) >= 11 is 0. The monoisotopic (exact) mass is 419 g/mol. The van der Waals surface area contributed by atoms with Crippen molar-refractivity contribution >= 4 is 29.3 Å². The van der Waals surface area contributed by atoms with Crippen LogP contribution < -0.4 is 4.90 Å². The molecule has 0 aliphatic carbocycles. The second kappa shape index (κ2) is 9.12. The lowest BCUT2D eigenvalue weighted by molar-refractivity contribution is -0.131. The zero-order chi connectivity index (χ0) is 21.8. The van der Waals surface area contributed by atoms with Gasteiger partial charge in [-0.3, -0.25) is 24.1 Å². The highest BCUT2D eigenvalue weighted by atomic mass is 16.2. The standard InChI is InChI=1S/C24H25N3O4/c28-21(25-14-8-1-2-9-15-25)16-26(18-10-4-3-5-11-18)22(29)17-27-23(30)19-12-6-7-13-20(19)24(27)31/h3-7,10-13H,1-2,8-9,14-17H2. The number of hydrogen-bond donors (Lipinski definition) is 0. The molecule has 1 saturated heterocycles. The molecule has 2 aliphatic heterocycles. The summed E-state index contributed by atoms with van der Waals surface area (Å²) in [5.74, 6) is -1.56. The first kappa shape index (κ1) is 20.8. The molecule has 160 valence electrons. The average Bonchev–Trinajstić information content (AvgIpc) is 2.99. The number of amides is 4. The molecule has 0 atom stereocenters. The molecule has 2 heterocycles. The van der Waals surface area contributed by atoms with Crippen LogP contribution in [0.25, 0.3) is 0 Å². The smallest absolute Gasteiger partial charge is 0.262 e. The molecule has 2 aliphatic rings. The SMILES string of the molecule is O=C(CN(C(=O)CN1C(=O)c2ccccc2C1=O)c1ccccc1)N1CCCCCC1. The van der Waals surface area contributed by atoms with Gasteiger partial charge in [-0.2, -0.15) is 0 Å². The average molecular weight is 419 g/mol. The van der Waals surface area contributed by atoms with Crippen LogP contribution >= 0.6 is 0 Å². The van der Waals surface area contributed by atoms with Gasteiger partial charge in [0.05, 0.1) is 11.1 Å². The second-order valence-electron chi connectivity index (χ2n) is 7.85. The lowest BCUT2D eigenvalue weighted by Crippen LogP contribution is -2.47.